The molecule has 0 spiro atoms. The van der Waals surface area contributed by atoms with Crippen LogP contribution in [0.2, 0.25) is 0 Å². The van der Waals surface area contributed by atoms with E-state index in [1.165, 1.54) is 12.8 Å². The quantitative estimate of drug-likeness (QED) is 0.742. The van der Waals surface area contributed by atoms with Gasteiger partial charge >= 0.3 is 0 Å². The number of hydrogen-bond acceptors (Lipinski definition) is 3. The van der Waals surface area contributed by atoms with Crippen molar-refractivity contribution in [2.75, 3.05) is 13.7 Å². The number of rotatable bonds is 3. The molecule has 1 N–H and O–H groups in total. The van der Waals surface area contributed by atoms with Gasteiger partial charge in [-0.05, 0) is 26.8 Å². The fourth-order valence-electron chi connectivity index (χ4n) is 2.21. The summed E-state index contributed by atoms with van der Waals surface area (Å²) in [6, 6.07) is 2.90. The minimum Gasteiger partial charge on any atom is -0.395 e. The zero-order valence-corrected chi connectivity index (χ0v) is 9.11. The van der Waals surface area contributed by atoms with Crippen LogP contribution in [-0.2, 0) is 0 Å². The highest BCUT2D eigenvalue weighted by Crippen LogP contribution is 2.28. The van der Waals surface area contributed by atoms with Crippen molar-refractivity contribution in [1.29, 1.82) is 5.26 Å². The van der Waals surface area contributed by atoms with Crippen LogP contribution in [0.5, 0.6) is 0 Å². The van der Waals surface area contributed by atoms with E-state index in [1.807, 2.05) is 14.0 Å². The average Bonchev–Trinajstić information content (AvgIpc) is 2.26. The second-order valence-corrected chi connectivity index (χ2v) is 4.28. The summed E-state index contributed by atoms with van der Waals surface area (Å²) in [7, 11) is 2.02. The first-order chi connectivity index (χ1) is 6.70. The topological polar surface area (TPSA) is 47.3 Å². The molecule has 1 fully saturated rings. The molecule has 0 amide bonds. The second kappa shape index (κ2) is 5.33. The minimum atomic E-state index is 0.155. The predicted octanol–water partition coefficient (Wildman–Crippen LogP) is 1.38. The van der Waals surface area contributed by atoms with E-state index in [1.54, 1.807) is 0 Å². The van der Waals surface area contributed by atoms with Gasteiger partial charge in [-0.25, -0.2) is 0 Å². The average molecular weight is 196 g/mol. The van der Waals surface area contributed by atoms with Crippen molar-refractivity contribution in [3.8, 4) is 6.07 Å². The maximum atomic E-state index is 9.07. The van der Waals surface area contributed by atoms with Gasteiger partial charge in [0, 0.05) is 12.1 Å². The highest BCUT2D eigenvalue weighted by atomic mass is 16.3. The van der Waals surface area contributed by atoms with Crippen LogP contribution in [-0.4, -0.2) is 35.7 Å². The molecule has 0 saturated heterocycles. The van der Waals surface area contributed by atoms with Crippen LogP contribution < -0.4 is 0 Å². The molecule has 0 bridgehead atoms. The largest absolute Gasteiger partial charge is 0.395 e. The molecule has 1 aliphatic carbocycles. The molecule has 3 atom stereocenters. The molecule has 14 heavy (non-hydrogen) atoms. The minimum absolute atomic E-state index is 0.155. The van der Waals surface area contributed by atoms with Gasteiger partial charge in [0.15, 0.2) is 0 Å². The molecule has 80 valence electrons. The third-order valence-electron chi connectivity index (χ3n) is 3.38. The molecular formula is C11H20N2O. The van der Waals surface area contributed by atoms with Crippen LogP contribution in [0.15, 0.2) is 0 Å². The van der Waals surface area contributed by atoms with Gasteiger partial charge in [-0.2, -0.15) is 5.26 Å². The summed E-state index contributed by atoms with van der Waals surface area (Å²) < 4.78 is 0. The molecule has 0 aliphatic heterocycles. The van der Waals surface area contributed by atoms with Gasteiger partial charge < -0.3 is 5.11 Å². The molecule has 3 nitrogen and oxygen atoms in total. The van der Waals surface area contributed by atoms with Gasteiger partial charge in [-0.15, -0.1) is 0 Å². The molecular weight excluding hydrogens is 176 g/mol. The number of nitriles is 1. The first-order valence-corrected chi connectivity index (χ1v) is 5.43. The van der Waals surface area contributed by atoms with Crippen LogP contribution in [0.25, 0.3) is 0 Å². The highest BCUT2D eigenvalue weighted by Gasteiger charge is 2.29. The van der Waals surface area contributed by atoms with E-state index in [9.17, 15) is 0 Å². The van der Waals surface area contributed by atoms with E-state index in [2.05, 4.69) is 11.0 Å². The summed E-state index contributed by atoms with van der Waals surface area (Å²) in [6.07, 6.45) is 4.50. The summed E-state index contributed by atoms with van der Waals surface area (Å²) in [5, 5.41) is 18.1. The molecule has 3 heteroatoms. The van der Waals surface area contributed by atoms with Gasteiger partial charge in [-0.3, -0.25) is 4.90 Å². The summed E-state index contributed by atoms with van der Waals surface area (Å²) in [6.45, 7) is 2.17. The Morgan fingerprint density at radius 2 is 2.14 bits per heavy atom. The van der Waals surface area contributed by atoms with Crippen LogP contribution in [0.4, 0.5) is 0 Å². The van der Waals surface area contributed by atoms with Crippen LogP contribution >= 0.6 is 0 Å². The van der Waals surface area contributed by atoms with E-state index < -0.39 is 0 Å². The first kappa shape index (κ1) is 11.5. The highest BCUT2D eigenvalue weighted by molar-refractivity contribution is 4.95. The van der Waals surface area contributed by atoms with E-state index in [0.29, 0.717) is 6.04 Å². The zero-order chi connectivity index (χ0) is 10.6. The second-order valence-electron chi connectivity index (χ2n) is 4.28. The first-order valence-electron chi connectivity index (χ1n) is 5.43. The Labute approximate surface area is 86.3 Å². The van der Waals surface area contributed by atoms with E-state index in [-0.39, 0.29) is 18.6 Å². The van der Waals surface area contributed by atoms with Crippen molar-refractivity contribution in [1.82, 2.24) is 4.90 Å². The summed E-state index contributed by atoms with van der Waals surface area (Å²) in [5.41, 5.74) is 0. The van der Waals surface area contributed by atoms with Gasteiger partial charge in [0.1, 0.15) is 0 Å². The number of hydrogen-bond donors (Lipinski definition) is 1. The smallest absolute Gasteiger partial charge is 0.0672 e. The molecule has 0 aromatic rings. The number of aliphatic hydroxyl groups excluding tert-OH is 1. The van der Waals surface area contributed by atoms with Crippen LogP contribution in [0, 0.1) is 17.2 Å². The Bertz CT molecular complexity index is 212. The number of aliphatic hydroxyl groups is 1. The van der Waals surface area contributed by atoms with Crippen LogP contribution in [0.1, 0.15) is 32.6 Å². The summed E-state index contributed by atoms with van der Waals surface area (Å²) in [4.78, 5) is 2.16. The Hall–Kier alpha value is -0.590. The van der Waals surface area contributed by atoms with Crippen molar-refractivity contribution < 1.29 is 5.11 Å². The fraction of sp³-hybridized carbons (Fsp3) is 0.909. The molecule has 0 heterocycles. The monoisotopic (exact) mass is 196 g/mol. The van der Waals surface area contributed by atoms with Crippen molar-refractivity contribution >= 4 is 0 Å². The summed E-state index contributed by atoms with van der Waals surface area (Å²) in [5.74, 6) is 0.155. The SMILES string of the molecule is CC(CO)N(C)C1CCCCC1C#N. The normalized spacial score (nSPS) is 29.9. The Morgan fingerprint density at radius 3 is 2.71 bits per heavy atom. The van der Waals surface area contributed by atoms with Crippen molar-refractivity contribution in [3.05, 3.63) is 0 Å². The molecule has 3 unspecified atom stereocenters. The molecule has 1 aliphatic rings. The number of likely N-dealkylation sites (N-methyl/N-ethyl adjacent to an activating group) is 1. The maximum absolute atomic E-state index is 9.07. The predicted molar refractivity (Wildman–Crippen MR) is 55.7 cm³/mol. The Balaban J connectivity index is 2.59. The molecule has 0 aromatic heterocycles. The third kappa shape index (κ3) is 2.46. The molecule has 0 aromatic carbocycles. The van der Waals surface area contributed by atoms with Crippen molar-refractivity contribution in [2.24, 2.45) is 5.92 Å². The molecule has 0 radical (unpaired) electrons. The lowest BCUT2D eigenvalue weighted by molar-refractivity contribution is 0.0813. The van der Waals surface area contributed by atoms with Crippen molar-refractivity contribution in [3.63, 3.8) is 0 Å². The standard InChI is InChI=1S/C11H20N2O/c1-9(8-14)13(2)11-6-4-3-5-10(11)7-12/h9-11,14H,3-6,8H2,1-2H3. The zero-order valence-electron chi connectivity index (χ0n) is 9.11. The van der Waals surface area contributed by atoms with Gasteiger partial charge in [0.2, 0.25) is 0 Å². The fourth-order valence-corrected chi connectivity index (χ4v) is 2.21. The van der Waals surface area contributed by atoms with Crippen LogP contribution in [0.3, 0.4) is 0 Å². The van der Waals surface area contributed by atoms with E-state index >= 15 is 0 Å². The van der Waals surface area contributed by atoms with Gasteiger partial charge in [0.25, 0.3) is 0 Å². The third-order valence-corrected chi connectivity index (χ3v) is 3.38. The molecule has 1 saturated carbocycles. The lowest BCUT2D eigenvalue weighted by Gasteiger charge is -2.37. The Kier molecular flexibility index (Phi) is 4.37. The van der Waals surface area contributed by atoms with E-state index in [0.717, 1.165) is 12.8 Å². The summed E-state index contributed by atoms with van der Waals surface area (Å²) >= 11 is 0. The lowest BCUT2D eigenvalue weighted by atomic mass is 9.84. The lowest BCUT2D eigenvalue weighted by Crippen LogP contribution is -2.45. The van der Waals surface area contributed by atoms with E-state index in [4.69, 9.17) is 10.4 Å². The van der Waals surface area contributed by atoms with Gasteiger partial charge in [-0.1, -0.05) is 12.8 Å². The Morgan fingerprint density at radius 1 is 1.50 bits per heavy atom. The molecule has 1 rings (SSSR count). The number of nitrogens with zero attached hydrogens (tertiary/aromatic N) is 2. The van der Waals surface area contributed by atoms with Crippen molar-refractivity contribution in [2.45, 2.75) is 44.7 Å². The maximum Gasteiger partial charge on any atom is 0.0672 e. The van der Waals surface area contributed by atoms with Gasteiger partial charge in [0.05, 0.1) is 18.6 Å².